The van der Waals surface area contributed by atoms with Crippen LogP contribution in [0.25, 0.3) is 21.6 Å². The highest BCUT2D eigenvalue weighted by Gasteiger charge is 2.45. The number of aryl methyl sites for hydroxylation is 2. The van der Waals surface area contributed by atoms with Crippen LogP contribution in [0, 0.1) is 19.3 Å². The molecule has 2 aliphatic heterocycles. The van der Waals surface area contributed by atoms with E-state index in [1.807, 2.05) is 71.9 Å². The minimum Gasteiger partial charge on any atom is -0.473 e. The van der Waals surface area contributed by atoms with Gasteiger partial charge in [0.2, 0.25) is 23.6 Å². The molecule has 1 saturated carbocycles. The maximum Gasteiger partial charge on any atom is 0.416 e. The number of hydrogen-bond donors (Lipinski definition) is 4. The van der Waals surface area contributed by atoms with Gasteiger partial charge in [0.05, 0.1) is 78.2 Å². The maximum absolute atomic E-state index is 14.2. The summed E-state index contributed by atoms with van der Waals surface area (Å²) in [6.07, 6.45) is 0.320. The zero-order valence-corrected chi connectivity index (χ0v) is 45.0. The van der Waals surface area contributed by atoms with Crippen molar-refractivity contribution in [3.8, 4) is 27.4 Å². The molecule has 4 N–H and O–H groups in total. The summed E-state index contributed by atoms with van der Waals surface area (Å²) in [4.78, 5) is 72.5. The predicted octanol–water partition coefficient (Wildman–Crippen LogP) is 8.08. The second kappa shape index (κ2) is 24.9. The lowest BCUT2D eigenvalue weighted by Crippen LogP contribution is -2.58. The second-order valence-electron chi connectivity index (χ2n) is 20.9. The van der Waals surface area contributed by atoms with Crippen molar-refractivity contribution < 1.29 is 56.4 Å². The number of carbonyl (C=O) groups excluding carboxylic acids is 4. The number of likely N-dealkylation sites (tertiary alicyclic amines) is 1. The molecule has 1 aliphatic carbocycles. The molecule has 0 bridgehead atoms. The van der Waals surface area contributed by atoms with Gasteiger partial charge in [-0.25, -0.2) is 9.97 Å². The van der Waals surface area contributed by atoms with Crippen LogP contribution in [0.3, 0.4) is 0 Å². The summed E-state index contributed by atoms with van der Waals surface area (Å²) >= 11 is 1.56. The number of morpholine rings is 1. The standard InChI is InChI=1S/C56H67F3N8O9S/c1-33(36-13-15-37(16-14-36)49-35(3)62-32-77-49)63-52(71)46-26-42(68)30-67(46)54(72)50(55(4,5)6)65-48(69)31-74-21-22-75-43-11-8-12-44(27-43)76-53-47(66-17-19-73-20-18-66)24-39(28-61-53)45-25-41(29-60-34(45)2)64-51(70)38-9-7-10-40(23-38)56(57,58)59/h7,9-10,13-16,23-25,28-29,32-33,42-44,46,50,68H,8,11-12,17-22,26-27,30-31H2,1-6H3,(H,63,71)(H,64,70)(H,65,69)/t33?,42-,43-,44-,46+,50?/m1/s1. The molecule has 21 heteroatoms. The lowest BCUT2D eigenvalue weighted by Gasteiger charge is -2.35. The first kappa shape index (κ1) is 56.7. The largest absolute Gasteiger partial charge is 0.473 e. The van der Waals surface area contributed by atoms with E-state index in [-0.39, 0.29) is 56.6 Å². The molecular formula is C56H67F3N8O9S. The summed E-state index contributed by atoms with van der Waals surface area (Å²) in [6.45, 7) is 13.3. The van der Waals surface area contributed by atoms with Crippen LogP contribution < -0.4 is 25.6 Å². The molecule has 412 valence electrons. The van der Waals surface area contributed by atoms with Crippen LogP contribution >= 0.6 is 11.3 Å². The van der Waals surface area contributed by atoms with E-state index in [4.69, 9.17) is 23.9 Å². The number of ether oxygens (including phenoxy) is 4. The van der Waals surface area contributed by atoms with E-state index in [0.29, 0.717) is 61.1 Å². The summed E-state index contributed by atoms with van der Waals surface area (Å²) in [5.41, 5.74) is 5.92. The number of aromatic nitrogens is 3. The average molecular weight is 1090 g/mol. The molecule has 3 aromatic heterocycles. The highest BCUT2D eigenvalue weighted by Crippen LogP contribution is 2.37. The third kappa shape index (κ3) is 14.5. The number of aliphatic hydroxyl groups excluding tert-OH is 1. The molecule has 17 nitrogen and oxygen atoms in total. The van der Waals surface area contributed by atoms with Gasteiger partial charge in [0.25, 0.3) is 5.91 Å². The highest BCUT2D eigenvalue weighted by molar-refractivity contribution is 7.13. The number of β-amino-alcohol motifs (C(OH)–C–C–N with tert-alkyl or cyclic N) is 1. The zero-order chi connectivity index (χ0) is 55.0. The minimum absolute atomic E-state index is 0.0491. The summed E-state index contributed by atoms with van der Waals surface area (Å²) < 4.78 is 64.3. The van der Waals surface area contributed by atoms with Crippen molar-refractivity contribution in [2.75, 3.05) is 62.9 Å². The van der Waals surface area contributed by atoms with Gasteiger partial charge in [-0.05, 0) is 86.9 Å². The Kier molecular flexibility index (Phi) is 18.3. The summed E-state index contributed by atoms with van der Waals surface area (Å²) in [5, 5.41) is 19.2. The molecule has 0 radical (unpaired) electrons. The number of nitrogens with one attached hydrogen (secondary N) is 3. The van der Waals surface area contributed by atoms with E-state index >= 15 is 0 Å². The van der Waals surface area contributed by atoms with Crippen LogP contribution in [0.2, 0.25) is 0 Å². The monoisotopic (exact) mass is 1080 g/mol. The van der Waals surface area contributed by atoms with Crippen molar-refractivity contribution in [1.82, 2.24) is 30.5 Å². The first-order chi connectivity index (χ1) is 36.7. The molecule has 5 heterocycles. The average Bonchev–Trinajstić information content (AvgIpc) is 4.04. The molecule has 2 unspecified atom stereocenters. The number of pyridine rings is 2. The minimum atomic E-state index is -4.60. The smallest absolute Gasteiger partial charge is 0.416 e. The normalized spacial score (nSPS) is 19.8. The molecular weight excluding hydrogens is 1020 g/mol. The molecule has 8 rings (SSSR count). The van der Waals surface area contributed by atoms with Crippen LogP contribution in [0.5, 0.6) is 5.88 Å². The number of rotatable bonds is 18. The highest BCUT2D eigenvalue weighted by atomic mass is 32.1. The summed E-state index contributed by atoms with van der Waals surface area (Å²) in [7, 11) is 0. The molecule has 77 heavy (non-hydrogen) atoms. The van der Waals surface area contributed by atoms with Crippen molar-refractivity contribution >= 4 is 46.3 Å². The number of thiazole rings is 1. The number of halogens is 3. The number of anilines is 2. The molecule has 0 spiro atoms. The Balaban J connectivity index is 0.823. The van der Waals surface area contributed by atoms with Crippen LogP contribution in [0.1, 0.15) is 98.7 Å². The van der Waals surface area contributed by atoms with Crippen molar-refractivity contribution in [1.29, 1.82) is 0 Å². The number of amides is 4. The maximum atomic E-state index is 14.2. The Hall–Kier alpha value is -6.52. The number of nitrogens with zero attached hydrogens (tertiary/aromatic N) is 5. The van der Waals surface area contributed by atoms with E-state index in [0.717, 1.165) is 58.8 Å². The van der Waals surface area contributed by atoms with Crippen molar-refractivity contribution in [2.24, 2.45) is 5.41 Å². The fourth-order valence-electron chi connectivity index (χ4n) is 9.82. The number of carbonyl (C=O) groups is 4. The van der Waals surface area contributed by atoms with Crippen molar-refractivity contribution in [3.05, 3.63) is 107 Å². The van der Waals surface area contributed by atoms with E-state index in [1.165, 1.54) is 23.2 Å². The Bertz CT molecular complexity index is 2870. The third-order valence-electron chi connectivity index (χ3n) is 14.0. The molecule has 3 aliphatic rings. The molecule has 2 aromatic carbocycles. The Labute approximate surface area is 450 Å². The zero-order valence-electron chi connectivity index (χ0n) is 44.2. The van der Waals surface area contributed by atoms with Gasteiger partial charge in [0, 0.05) is 61.1 Å². The molecule has 4 amide bonds. The topological polar surface area (TPSA) is 207 Å². The van der Waals surface area contributed by atoms with E-state index in [2.05, 4.69) is 30.8 Å². The van der Waals surface area contributed by atoms with E-state index in [9.17, 15) is 37.5 Å². The van der Waals surface area contributed by atoms with Crippen LogP contribution in [-0.4, -0.2) is 132 Å². The van der Waals surface area contributed by atoms with Gasteiger partial charge in [-0.2, -0.15) is 13.2 Å². The quantitative estimate of drug-likeness (QED) is 0.0613. The lowest BCUT2D eigenvalue weighted by molar-refractivity contribution is -0.144. The van der Waals surface area contributed by atoms with Gasteiger partial charge in [-0.3, -0.25) is 24.2 Å². The first-order valence-electron chi connectivity index (χ1n) is 25.9. The summed E-state index contributed by atoms with van der Waals surface area (Å²) in [6, 6.07) is 13.5. The number of alkyl halides is 3. The Morgan fingerprint density at radius 3 is 2.35 bits per heavy atom. The van der Waals surface area contributed by atoms with Gasteiger partial charge >= 0.3 is 6.18 Å². The van der Waals surface area contributed by atoms with Gasteiger partial charge < -0.3 is 49.8 Å². The lowest BCUT2D eigenvalue weighted by atomic mass is 9.85. The summed E-state index contributed by atoms with van der Waals surface area (Å²) in [5.74, 6) is -1.64. The Morgan fingerprint density at radius 2 is 1.64 bits per heavy atom. The van der Waals surface area contributed by atoms with Gasteiger partial charge in [0.1, 0.15) is 30.5 Å². The van der Waals surface area contributed by atoms with E-state index in [1.54, 1.807) is 29.1 Å². The van der Waals surface area contributed by atoms with Gasteiger partial charge in [-0.1, -0.05) is 51.1 Å². The fourth-order valence-corrected chi connectivity index (χ4v) is 10.6. The van der Waals surface area contributed by atoms with Crippen molar-refractivity contribution in [3.63, 3.8) is 0 Å². The fraction of sp³-hybridized carbons (Fsp3) is 0.482. The van der Waals surface area contributed by atoms with E-state index < -0.39 is 59.0 Å². The molecule has 6 atom stereocenters. The van der Waals surface area contributed by atoms with Crippen LogP contribution in [-0.2, 0) is 34.8 Å². The van der Waals surface area contributed by atoms with Crippen molar-refractivity contribution in [2.45, 2.75) is 116 Å². The van der Waals surface area contributed by atoms with Gasteiger partial charge in [0.15, 0.2) is 0 Å². The number of aliphatic hydroxyl groups is 1. The van der Waals surface area contributed by atoms with Crippen LogP contribution in [0.4, 0.5) is 24.5 Å². The Morgan fingerprint density at radius 1 is 0.883 bits per heavy atom. The number of hydrogen-bond acceptors (Lipinski definition) is 14. The predicted molar refractivity (Wildman–Crippen MR) is 284 cm³/mol. The SMILES string of the molecule is Cc1ncc(NC(=O)c2cccc(C(F)(F)F)c2)cc1-c1cnc(O[C@@H]2CCC[C@@H](OCCOCC(=O)NC(C(=O)N3C[C@H](O)C[C@H]3C(=O)NC(C)c3ccc(-c4scnc4C)cc3)C(C)(C)C)C2)c(N2CCOCC2)c1. The molecule has 2 saturated heterocycles. The second-order valence-corrected chi connectivity index (χ2v) is 21.7. The molecule has 5 aromatic rings. The van der Waals surface area contributed by atoms with Gasteiger partial charge in [-0.15, -0.1) is 11.3 Å². The number of benzene rings is 2. The van der Waals surface area contributed by atoms with Crippen LogP contribution in [0.15, 0.2) is 78.6 Å². The first-order valence-corrected chi connectivity index (χ1v) is 26.8. The third-order valence-corrected chi connectivity index (χ3v) is 15.0. The molecule has 3 fully saturated rings.